The lowest BCUT2D eigenvalue weighted by atomic mass is 10.1. The van der Waals surface area contributed by atoms with Crippen molar-refractivity contribution in [1.29, 1.82) is 0 Å². The molecule has 3 aromatic heterocycles. The Morgan fingerprint density at radius 3 is 2.81 bits per heavy atom. The number of aromatic nitrogens is 5. The van der Waals surface area contributed by atoms with Crippen molar-refractivity contribution in [3.05, 3.63) is 72.9 Å². The van der Waals surface area contributed by atoms with Crippen LogP contribution in [0, 0.1) is 5.82 Å². The van der Waals surface area contributed by atoms with Crippen molar-refractivity contribution in [3.63, 3.8) is 0 Å². The first-order chi connectivity index (χ1) is 21.0. The second kappa shape index (κ2) is 11.0. The third-order valence-electron chi connectivity index (χ3n) is 7.25. The van der Waals surface area contributed by atoms with Crippen LogP contribution in [0.25, 0.3) is 22.2 Å². The minimum Gasteiger partial charge on any atom is -0.493 e. The summed E-state index contributed by atoms with van der Waals surface area (Å²) in [6.45, 7) is 4.39. The quantitative estimate of drug-likeness (QED) is 0.201. The SMILES string of the molecule is C=CC(=O)N1CC(Oc2cc3c(Nc4ccc(Oc5nc(-c6cnn(C7CC7)c6)cs5)cc4F)ncnc3cc2OC)C1. The van der Waals surface area contributed by atoms with E-state index in [4.69, 9.17) is 14.2 Å². The molecule has 0 atom stereocenters. The maximum atomic E-state index is 15.2. The zero-order valence-electron chi connectivity index (χ0n) is 23.1. The van der Waals surface area contributed by atoms with Gasteiger partial charge in [0.2, 0.25) is 5.91 Å². The van der Waals surface area contributed by atoms with Gasteiger partial charge in [0, 0.05) is 34.7 Å². The van der Waals surface area contributed by atoms with Crippen molar-refractivity contribution in [2.75, 3.05) is 25.5 Å². The summed E-state index contributed by atoms with van der Waals surface area (Å²) < 4.78 is 34.7. The van der Waals surface area contributed by atoms with Crippen LogP contribution in [0.4, 0.5) is 15.9 Å². The number of nitrogens with zero attached hydrogens (tertiary/aromatic N) is 6. The van der Waals surface area contributed by atoms with Crippen LogP contribution in [0.5, 0.6) is 22.4 Å². The normalized spacial score (nSPS) is 14.8. The molecule has 0 spiro atoms. The minimum atomic E-state index is -0.529. The number of likely N-dealkylation sites (tertiary alicyclic amines) is 1. The number of carbonyl (C=O) groups is 1. The summed E-state index contributed by atoms with van der Waals surface area (Å²) in [5.41, 5.74) is 2.47. The van der Waals surface area contributed by atoms with Crippen molar-refractivity contribution < 1.29 is 23.4 Å². The van der Waals surface area contributed by atoms with Crippen molar-refractivity contribution in [2.45, 2.75) is 25.0 Å². The average Bonchev–Trinajstić information content (AvgIpc) is 3.54. The number of benzene rings is 2. The molecule has 0 unspecified atom stereocenters. The summed E-state index contributed by atoms with van der Waals surface area (Å²) in [4.78, 5) is 26.6. The van der Waals surface area contributed by atoms with E-state index in [0.29, 0.717) is 58.3 Å². The number of hydrogen-bond donors (Lipinski definition) is 1. The van der Waals surface area contributed by atoms with Crippen LogP contribution in [-0.4, -0.2) is 61.8 Å². The molecule has 218 valence electrons. The highest BCUT2D eigenvalue weighted by Gasteiger charge is 2.32. The van der Waals surface area contributed by atoms with Gasteiger partial charge in [-0.15, -0.1) is 0 Å². The van der Waals surface area contributed by atoms with Gasteiger partial charge in [-0.2, -0.15) is 5.10 Å². The Hall–Kier alpha value is -5.04. The molecule has 4 heterocycles. The maximum Gasteiger partial charge on any atom is 0.279 e. The molecule has 2 aliphatic rings. The number of ether oxygens (including phenoxy) is 3. The lowest BCUT2D eigenvalue weighted by molar-refractivity contribution is -0.134. The number of amides is 1. The molecule has 1 aliphatic heterocycles. The smallest absolute Gasteiger partial charge is 0.279 e. The number of hydrogen-bond acceptors (Lipinski definition) is 10. The van der Waals surface area contributed by atoms with E-state index in [1.54, 1.807) is 35.4 Å². The predicted octanol–water partition coefficient (Wildman–Crippen LogP) is 5.74. The maximum absolute atomic E-state index is 15.2. The Bertz CT molecular complexity index is 1850. The second-order valence-electron chi connectivity index (χ2n) is 10.2. The number of thiazole rings is 1. The molecular weight excluding hydrogens is 573 g/mol. The Morgan fingerprint density at radius 1 is 1.19 bits per heavy atom. The Morgan fingerprint density at radius 2 is 2.05 bits per heavy atom. The first kappa shape index (κ1) is 26.8. The van der Waals surface area contributed by atoms with Crippen molar-refractivity contribution in [2.24, 2.45) is 0 Å². The fourth-order valence-corrected chi connectivity index (χ4v) is 5.45. The topological polar surface area (TPSA) is 117 Å². The monoisotopic (exact) mass is 599 g/mol. The standard InChI is InChI=1S/C30H26FN7O4S/c1-3-28(39)37-13-20(14-37)41-27-9-21-24(10-26(27)40-2)32-16-33-29(21)35-23-7-6-19(8-22(23)31)42-30-36-25(15-43-30)17-11-34-38(12-17)18-4-5-18/h3,6-12,15-16,18,20H,1,4-5,13-14H2,2H3,(H,32,33,35). The van der Waals surface area contributed by atoms with Gasteiger partial charge in [-0.1, -0.05) is 17.9 Å². The largest absolute Gasteiger partial charge is 0.493 e. The number of anilines is 2. The third-order valence-corrected chi connectivity index (χ3v) is 7.97. The summed E-state index contributed by atoms with van der Waals surface area (Å²) in [7, 11) is 1.54. The summed E-state index contributed by atoms with van der Waals surface area (Å²) in [6, 6.07) is 8.50. The van der Waals surface area contributed by atoms with E-state index in [2.05, 4.69) is 31.9 Å². The van der Waals surface area contributed by atoms with E-state index in [9.17, 15) is 4.79 Å². The van der Waals surface area contributed by atoms with Gasteiger partial charge in [0.1, 0.15) is 29.8 Å². The van der Waals surface area contributed by atoms with Crippen LogP contribution in [-0.2, 0) is 4.79 Å². The van der Waals surface area contributed by atoms with E-state index in [1.807, 2.05) is 16.3 Å². The molecule has 43 heavy (non-hydrogen) atoms. The lowest BCUT2D eigenvalue weighted by Gasteiger charge is -2.38. The highest BCUT2D eigenvalue weighted by atomic mass is 32.1. The summed E-state index contributed by atoms with van der Waals surface area (Å²) in [6.07, 6.45) is 8.57. The van der Waals surface area contributed by atoms with Crippen LogP contribution >= 0.6 is 11.3 Å². The zero-order valence-corrected chi connectivity index (χ0v) is 23.9. The molecule has 0 bridgehead atoms. The Balaban J connectivity index is 1.07. The van der Waals surface area contributed by atoms with Gasteiger partial charge >= 0.3 is 0 Å². The van der Waals surface area contributed by atoms with Crippen molar-refractivity contribution >= 4 is 39.7 Å². The Labute approximate surface area is 249 Å². The molecule has 1 N–H and O–H groups in total. The zero-order chi connectivity index (χ0) is 29.5. The lowest BCUT2D eigenvalue weighted by Crippen LogP contribution is -2.55. The Kier molecular flexibility index (Phi) is 6.86. The van der Waals surface area contributed by atoms with Crippen LogP contribution in [0.1, 0.15) is 18.9 Å². The highest BCUT2D eigenvalue weighted by Crippen LogP contribution is 2.38. The van der Waals surface area contributed by atoms with Gasteiger partial charge in [0.05, 0.1) is 49.3 Å². The van der Waals surface area contributed by atoms with E-state index < -0.39 is 5.82 Å². The third kappa shape index (κ3) is 5.46. The molecule has 11 nitrogen and oxygen atoms in total. The molecule has 0 radical (unpaired) electrons. The molecule has 7 rings (SSSR count). The molecule has 1 saturated heterocycles. The number of methoxy groups -OCH3 is 1. The van der Waals surface area contributed by atoms with Crippen LogP contribution < -0.4 is 19.5 Å². The number of carbonyl (C=O) groups excluding carboxylic acids is 1. The molecule has 1 aliphatic carbocycles. The number of nitrogens with one attached hydrogen (secondary N) is 1. The molecule has 1 saturated carbocycles. The molecular formula is C30H26FN7O4S. The molecule has 1 amide bonds. The summed E-state index contributed by atoms with van der Waals surface area (Å²) >= 11 is 1.33. The number of rotatable bonds is 10. The average molecular weight is 600 g/mol. The molecule has 2 aromatic carbocycles. The summed E-state index contributed by atoms with van der Waals surface area (Å²) in [5, 5.41) is 10.4. The number of fused-ring (bicyclic) bond motifs is 1. The second-order valence-corrected chi connectivity index (χ2v) is 11.1. The number of halogens is 1. The van der Waals surface area contributed by atoms with Crippen LogP contribution in [0.3, 0.4) is 0 Å². The van der Waals surface area contributed by atoms with E-state index in [0.717, 1.165) is 24.1 Å². The van der Waals surface area contributed by atoms with Crippen molar-refractivity contribution in [3.8, 4) is 33.7 Å². The predicted molar refractivity (Wildman–Crippen MR) is 159 cm³/mol. The fourth-order valence-electron chi connectivity index (χ4n) is 4.75. The van der Waals surface area contributed by atoms with Gasteiger partial charge in [-0.3, -0.25) is 9.48 Å². The first-order valence-electron chi connectivity index (χ1n) is 13.6. The fraction of sp³-hybridized carbons (Fsp3) is 0.233. The summed E-state index contributed by atoms with van der Waals surface area (Å²) in [5.74, 6) is 0.986. The molecule has 13 heteroatoms. The molecule has 2 fully saturated rings. The van der Waals surface area contributed by atoms with Gasteiger partial charge in [-0.05, 0) is 37.1 Å². The van der Waals surface area contributed by atoms with Crippen molar-refractivity contribution in [1.82, 2.24) is 29.6 Å². The minimum absolute atomic E-state index is 0.142. The van der Waals surface area contributed by atoms with E-state index in [1.165, 1.54) is 36.9 Å². The van der Waals surface area contributed by atoms with Gasteiger partial charge in [-0.25, -0.2) is 19.3 Å². The van der Waals surface area contributed by atoms with Gasteiger partial charge in [0.25, 0.3) is 5.19 Å². The van der Waals surface area contributed by atoms with E-state index >= 15 is 4.39 Å². The van der Waals surface area contributed by atoms with E-state index in [-0.39, 0.29) is 17.7 Å². The highest BCUT2D eigenvalue weighted by molar-refractivity contribution is 7.11. The molecule has 5 aromatic rings. The van der Waals surface area contributed by atoms with Gasteiger partial charge < -0.3 is 24.4 Å². The van der Waals surface area contributed by atoms with Crippen LogP contribution in [0.15, 0.2) is 67.1 Å². The van der Waals surface area contributed by atoms with Crippen LogP contribution in [0.2, 0.25) is 0 Å². The van der Waals surface area contributed by atoms with Gasteiger partial charge in [0.15, 0.2) is 11.5 Å². The first-order valence-corrected chi connectivity index (χ1v) is 14.5.